The van der Waals surface area contributed by atoms with Gasteiger partial charge in [0.15, 0.2) is 0 Å². The Morgan fingerprint density at radius 3 is 2.89 bits per heavy atom. The number of fused-ring (bicyclic) bond motifs is 1. The summed E-state index contributed by atoms with van der Waals surface area (Å²) in [7, 11) is 0. The van der Waals surface area contributed by atoms with E-state index < -0.39 is 0 Å². The van der Waals surface area contributed by atoms with Gasteiger partial charge < -0.3 is 5.32 Å². The van der Waals surface area contributed by atoms with Gasteiger partial charge in [0.05, 0.1) is 17.9 Å². The molecule has 2 N–H and O–H groups in total. The van der Waals surface area contributed by atoms with Crippen molar-refractivity contribution < 1.29 is 0 Å². The predicted octanol–water partition coefficient (Wildman–Crippen LogP) is 2.39. The average molecular weight is 257 g/mol. The van der Waals surface area contributed by atoms with Crippen LogP contribution in [0.3, 0.4) is 0 Å². The van der Waals surface area contributed by atoms with E-state index in [2.05, 4.69) is 25.5 Å². The van der Waals surface area contributed by atoms with E-state index >= 15 is 0 Å². The molecule has 100 valence electrons. The van der Waals surface area contributed by atoms with Gasteiger partial charge in [-0.2, -0.15) is 5.10 Å². The molecule has 0 spiro atoms. The zero-order valence-corrected chi connectivity index (χ0v) is 11.2. The van der Waals surface area contributed by atoms with Crippen LogP contribution in [0.4, 0.5) is 5.82 Å². The van der Waals surface area contributed by atoms with Crippen molar-refractivity contribution in [3.63, 3.8) is 0 Å². The van der Waals surface area contributed by atoms with E-state index in [4.69, 9.17) is 0 Å². The fraction of sp³-hybridized carbons (Fsp3) is 0.500. The first-order valence-electron chi connectivity index (χ1n) is 6.91. The van der Waals surface area contributed by atoms with E-state index in [1.165, 1.54) is 30.5 Å². The number of anilines is 1. The molecular weight excluding hydrogens is 238 g/mol. The first-order valence-corrected chi connectivity index (χ1v) is 6.91. The summed E-state index contributed by atoms with van der Waals surface area (Å²) in [6, 6.07) is 0. The molecule has 0 unspecified atom stereocenters. The number of aromatic nitrogens is 4. The van der Waals surface area contributed by atoms with Gasteiger partial charge in [-0.3, -0.25) is 10.1 Å². The number of hydrogen-bond acceptors (Lipinski definition) is 4. The maximum atomic E-state index is 4.45. The molecule has 0 atom stereocenters. The Hall–Kier alpha value is -1.91. The average Bonchev–Trinajstić information content (AvgIpc) is 2.66. The van der Waals surface area contributed by atoms with Crippen LogP contribution in [0, 0.1) is 6.92 Å². The quantitative estimate of drug-likeness (QED) is 0.829. The Bertz CT molecular complexity index is 561. The Morgan fingerprint density at radius 2 is 2.00 bits per heavy atom. The third-order valence-corrected chi connectivity index (χ3v) is 3.70. The second kappa shape index (κ2) is 5.38. The first kappa shape index (κ1) is 12.1. The Labute approximate surface area is 112 Å². The Kier molecular flexibility index (Phi) is 3.44. The molecule has 0 fully saturated rings. The van der Waals surface area contributed by atoms with Crippen LogP contribution in [0.15, 0.2) is 12.4 Å². The molecule has 5 heteroatoms. The van der Waals surface area contributed by atoms with Gasteiger partial charge in [-0.05, 0) is 38.2 Å². The lowest BCUT2D eigenvalue weighted by atomic mass is 10.1. The molecule has 3 rings (SSSR count). The van der Waals surface area contributed by atoms with Crippen LogP contribution in [0.5, 0.6) is 0 Å². The van der Waals surface area contributed by atoms with Crippen molar-refractivity contribution in [1.29, 1.82) is 0 Å². The molecule has 0 bridgehead atoms. The third kappa shape index (κ3) is 2.59. The highest BCUT2D eigenvalue weighted by Gasteiger charge is 2.15. The number of rotatable bonds is 3. The van der Waals surface area contributed by atoms with Crippen molar-refractivity contribution in [3.05, 3.63) is 35.0 Å². The van der Waals surface area contributed by atoms with Crippen LogP contribution in [0.2, 0.25) is 0 Å². The molecule has 2 heterocycles. The molecule has 0 radical (unpaired) electrons. The topological polar surface area (TPSA) is 66.5 Å². The summed E-state index contributed by atoms with van der Waals surface area (Å²) in [5.41, 5.74) is 4.78. The van der Waals surface area contributed by atoms with Crippen LogP contribution in [-0.4, -0.2) is 20.2 Å². The summed E-state index contributed by atoms with van der Waals surface area (Å²) in [4.78, 5) is 8.53. The second-order valence-corrected chi connectivity index (χ2v) is 5.03. The Morgan fingerprint density at radius 1 is 1.16 bits per heavy atom. The minimum atomic E-state index is 0.714. The molecule has 0 aromatic carbocycles. The molecule has 1 aliphatic rings. The van der Waals surface area contributed by atoms with Gasteiger partial charge >= 0.3 is 0 Å². The number of nitrogens with one attached hydrogen (secondary N) is 2. The zero-order chi connectivity index (χ0) is 13.1. The third-order valence-electron chi connectivity index (χ3n) is 3.70. The van der Waals surface area contributed by atoms with E-state index in [-0.39, 0.29) is 0 Å². The van der Waals surface area contributed by atoms with Gasteiger partial charge in [0.25, 0.3) is 0 Å². The molecule has 0 amide bonds. The molecule has 1 aliphatic carbocycles. The number of nitrogens with zero attached hydrogens (tertiary/aromatic N) is 3. The lowest BCUT2D eigenvalue weighted by molar-refractivity contribution is 0.699. The van der Waals surface area contributed by atoms with E-state index in [1.807, 2.05) is 6.92 Å². The molecule has 2 aromatic heterocycles. The maximum absolute atomic E-state index is 4.45. The van der Waals surface area contributed by atoms with Crippen molar-refractivity contribution in [3.8, 4) is 0 Å². The van der Waals surface area contributed by atoms with Crippen molar-refractivity contribution >= 4 is 5.82 Å². The Balaban J connectivity index is 1.74. The number of H-pyrrole nitrogens is 1. The SMILES string of the molecule is Cc1nccnc1NCc1n[nH]c2c1CCCCC2. The molecule has 2 aromatic rings. The summed E-state index contributed by atoms with van der Waals surface area (Å²) >= 11 is 0. The number of aromatic amines is 1. The molecule has 0 saturated carbocycles. The van der Waals surface area contributed by atoms with Gasteiger partial charge in [-0.25, -0.2) is 4.98 Å². The minimum absolute atomic E-state index is 0.714. The highest BCUT2D eigenvalue weighted by atomic mass is 15.1. The smallest absolute Gasteiger partial charge is 0.147 e. The summed E-state index contributed by atoms with van der Waals surface area (Å²) in [5.74, 6) is 0.841. The highest BCUT2D eigenvalue weighted by Crippen LogP contribution is 2.22. The number of aryl methyl sites for hydroxylation is 2. The highest BCUT2D eigenvalue weighted by molar-refractivity contribution is 5.40. The molecule has 0 saturated heterocycles. The summed E-state index contributed by atoms with van der Waals surface area (Å²) in [5, 5.41) is 11.0. The summed E-state index contributed by atoms with van der Waals surface area (Å²) in [6.07, 6.45) is 9.55. The normalized spacial score (nSPS) is 14.8. The zero-order valence-electron chi connectivity index (χ0n) is 11.2. The van der Waals surface area contributed by atoms with E-state index in [9.17, 15) is 0 Å². The van der Waals surface area contributed by atoms with E-state index in [0.717, 1.165) is 30.0 Å². The summed E-state index contributed by atoms with van der Waals surface area (Å²) in [6.45, 7) is 2.67. The van der Waals surface area contributed by atoms with Crippen LogP contribution in [-0.2, 0) is 19.4 Å². The molecular formula is C14H19N5. The van der Waals surface area contributed by atoms with Gasteiger partial charge in [-0.15, -0.1) is 0 Å². The fourth-order valence-electron chi connectivity index (χ4n) is 2.62. The van der Waals surface area contributed by atoms with Crippen LogP contribution < -0.4 is 5.32 Å². The minimum Gasteiger partial charge on any atom is -0.363 e. The fourth-order valence-corrected chi connectivity index (χ4v) is 2.62. The van der Waals surface area contributed by atoms with E-state index in [0.29, 0.717) is 6.54 Å². The van der Waals surface area contributed by atoms with E-state index in [1.54, 1.807) is 12.4 Å². The van der Waals surface area contributed by atoms with Crippen molar-refractivity contribution in [2.24, 2.45) is 0 Å². The standard InChI is InChI=1S/C14H19N5/c1-10-14(16-8-7-15-10)17-9-13-11-5-3-2-4-6-12(11)18-19-13/h7-8H,2-6,9H2,1H3,(H,16,17)(H,18,19). The lowest BCUT2D eigenvalue weighted by Gasteiger charge is -2.07. The molecule has 19 heavy (non-hydrogen) atoms. The van der Waals surface area contributed by atoms with Crippen molar-refractivity contribution in [2.75, 3.05) is 5.32 Å². The monoisotopic (exact) mass is 257 g/mol. The molecule has 0 aliphatic heterocycles. The number of hydrogen-bond donors (Lipinski definition) is 2. The lowest BCUT2D eigenvalue weighted by Crippen LogP contribution is -2.06. The van der Waals surface area contributed by atoms with Crippen molar-refractivity contribution in [1.82, 2.24) is 20.2 Å². The van der Waals surface area contributed by atoms with Gasteiger partial charge in [0.1, 0.15) is 5.82 Å². The van der Waals surface area contributed by atoms with Crippen LogP contribution in [0.25, 0.3) is 0 Å². The van der Waals surface area contributed by atoms with Gasteiger partial charge in [0, 0.05) is 18.1 Å². The molecule has 5 nitrogen and oxygen atoms in total. The summed E-state index contributed by atoms with van der Waals surface area (Å²) < 4.78 is 0. The largest absolute Gasteiger partial charge is 0.363 e. The van der Waals surface area contributed by atoms with Gasteiger partial charge in [-0.1, -0.05) is 6.42 Å². The van der Waals surface area contributed by atoms with Crippen molar-refractivity contribution in [2.45, 2.75) is 45.6 Å². The van der Waals surface area contributed by atoms with Crippen LogP contribution in [0.1, 0.15) is 41.9 Å². The first-order chi connectivity index (χ1) is 9.34. The predicted molar refractivity (Wildman–Crippen MR) is 73.9 cm³/mol. The second-order valence-electron chi connectivity index (χ2n) is 5.03. The maximum Gasteiger partial charge on any atom is 0.147 e. The van der Waals surface area contributed by atoms with Gasteiger partial charge in [0.2, 0.25) is 0 Å². The van der Waals surface area contributed by atoms with Crippen LogP contribution >= 0.6 is 0 Å².